The molecule has 1 aromatic rings. The molecule has 0 saturated carbocycles. The van der Waals surface area contributed by atoms with E-state index in [0.717, 1.165) is 32.6 Å². The van der Waals surface area contributed by atoms with Gasteiger partial charge in [0, 0.05) is 19.1 Å². The first-order valence-electron chi connectivity index (χ1n) is 6.88. The Morgan fingerprint density at radius 1 is 1.44 bits per heavy atom. The highest BCUT2D eigenvalue weighted by molar-refractivity contribution is 5.32. The molecule has 1 heterocycles. The van der Waals surface area contributed by atoms with Gasteiger partial charge in [-0.3, -0.25) is 4.90 Å². The van der Waals surface area contributed by atoms with Gasteiger partial charge in [0.25, 0.3) is 0 Å². The van der Waals surface area contributed by atoms with E-state index in [0.29, 0.717) is 6.04 Å². The summed E-state index contributed by atoms with van der Waals surface area (Å²) in [5, 5.41) is 3.64. The van der Waals surface area contributed by atoms with E-state index in [2.05, 4.69) is 54.9 Å². The molecule has 0 amide bonds. The molecule has 1 unspecified atom stereocenters. The third kappa shape index (κ3) is 3.21. The Balaban J connectivity index is 2.08. The molecule has 0 radical (unpaired) electrons. The average molecular weight is 244 g/mol. The maximum absolute atomic E-state index is 4.02. The highest BCUT2D eigenvalue weighted by Gasteiger charge is 2.20. The van der Waals surface area contributed by atoms with Gasteiger partial charge in [0.15, 0.2) is 0 Å². The Hall–Kier alpha value is -1.12. The lowest BCUT2D eigenvalue weighted by atomic mass is 9.94. The minimum absolute atomic E-state index is 0.467. The number of hydrogen-bond donors (Lipinski definition) is 1. The number of fused-ring (bicyclic) bond motifs is 1. The van der Waals surface area contributed by atoms with E-state index in [9.17, 15) is 0 Å². The van der Waals surface area contributed by atoms with Crippen molar-refractivity contribution >= 4 is 0 Å². The van der Waals surface area contributed by atoms with Crippen LogP contribution in [0.1, 0.15) is 31.0 Å². The molecule has 18 heavy (non-hydrogen) atoms. The SMILES string of the molecule is C=C(C)CN(CC)CC1NCCc2ccccc21. The predicted octanol–water partition coefficient (Wildman–Crippen LogP) is 2.77. The first kappa shape index (κ1) is 13.3. The summed E-state index contributed by atoms with van der Waals surface area (Å²) in [6.45, 7) is 12.6. The molecule has 1 N–H and O–H groups in total. The van der Waals surface area contributed by atoms with Crippen LogP contribution < -0.4 is 5.32 Å². The molecule has 98 valence electrons. The van der Waals surface area contributed by atoms with Crippen molar-refractivity contribution in [3.8, 4) is 0 Å². The summed E-state index contributed by atoms with van der Waals surface area (Å²) in [5.41, 5.74) is 4.22. The quantitative estimate of drug-likeness (QED) is 0.801. The van der Waals surface area contributed by atoms with E-state index >= 15 is 0 Å². The number of likely N-dealkylation sites (N-methyl/N-ethyl adjacent to an activating group) is 1. The van der Waals surface area contributed by atoms with Crippen LogP contribution in [-0.4, -0.2) is 31.1 Å². The molecule has 0 fully saturated rings. The molecule has 2 rings (SSSR count). The first-order chi connectivity index (χ1) is 8.70. The smallest absolute Gasteiger partial charge is 0.0452 e. The normalized spacial score (nSPS) is 18.7. The molecule has 1 atom stereocenters. The highest BCUT2D eigenvalue weighted by Crippen LogP contribution is 2.23. The zero-order valence-corrected chi connectivity index (χ0v) is 11.6. The number of benzene rings is 1. The van der Waals surface area contributed by atoms with Crippen molar-refractivity contribution < 1.29 is 0 Å². The number of nitrogens with one attached hydrogen (secondary N) is 1. The molecule has 2 heteroatoms. The van der Waals surface area contributed by atoms with Gasteiger partial charge >= 0.3 is 0 Å². The van der Waals surface area contributed by atoms with Crippen LogP contribution in [0.2, 0.25) is 0 Å². The standard InChI is InChI=1S/C16H24N2/c1-4-18(11-13(2)3)12-16-15-8-6-5-7-14(15)9-10-17-16/h5-8,16-17H,2,4,9-12H2,1,3H3. The molecule has 0 spiro atoms. The number of rotatable bonds is 5. The number of hydrogen-bond acceptors (Lipinski definition) is 2. The average Bonchev–Trinajstić information content (AvgIpc) is 2.38. The lowest BCUT2D eigenvalue weighted by Crippen LogP contribution is -2.39. The summed E-state index contributed by atoms with van der Waals surface area (Å²) in [5.74, 6) is 0. The molecular formula is C16H24N2. The van der Waals surface area contributed by atoms with E-state index in [1.165, 1.54) is 16.7 Å². The fourth-order valence-corrected chi connectivity index (χ4v) is 2.70. The van der Waals surface area contributed by atoms with Gasteiger partial charge in [-0.2, -0.15) is 0 Å². The van der Waals surface area contributed by atoms with Crippen LogP contribution in [0, 0.1) is 0 Å². The summed E-state index contributed by atoms with van der Waals surface area (Å²) in [6.07, 6.45) is 1.15. The fourth-order valence-electron chi connectivity index (χ4n) is 2.70. The van der Waals surface area contributed by atoms with E-state index < -0.39 is 0 Å². The molecule has 1 aromatic carbocycles. The minimum Gasteiger partial charge on any atom is -0.309 e. The van der Waals surface area contributed by atoms with Gasteiger partial charge in [-0.1, -0.05) is 43.3 Å². The minimum atomic E-state index is 0.467. The third-order valence-corrected chi connectivity index (χ3v) is 3.60. The van der Waals surface area contributed by atoms with Crippen LogP contribution in [0.3, 0.4) is 0 Å². The first-order valence-corrected chi connectivity index (χ1v) is 6.88. The Bertz CT molecular complexity index is 411. The van der Waals surface area contributed by atoms with Crippen molar-refractivity contribution in [2.24, 2.45) is 0 Å². The van der Waals surface area contributed by atoms with E-state index in [4.69, 9.17) is 0 Å². The Labute approximate surface area is 111 Å². The van der Waals surface area contributed by atoms with Crippen molar-refractivity contribution in [3.63, 3.8) is 0 Å². The van der Waals surface area contributed by atoms with Crippen LogP contribution in [0.15, 0.2) is 36.4 Å². The maximum Gasteiger partial charge on any atom is 0.0452 e. The molecule has 0 aliphatic carbocycles. The monoisotopic (exact) mass is 244 g/mol. The van der Waals surface area contributed by atoms with Crippen LogP contribution in [-0.2, 0) is 6.42 Å². The fraction of sp³-hybridized carbons (Fsp3) is 0.500. The predicted molar refractivity (Wildman–Crippen MR) is 77.8 cm³/mol. The van der Waals surface area contributed by atoms with Crippen molar-refractivity contribution in [2.75, 3.05) is 26.2 Å². The molecule has 0 aromatic heterocycles. The molecule has 1 aliphatic heterocycles. The van der Waals surface area contributed by atoms with Gasteiger partial charge in [-0.25, -0.2) is 0 Å². The van der Waals surface area contributed by atoms with Crippen LogP contribution in [0.25, 0.3) is 0 Å². The lowest BCUT2D eigenvalue weighted by Gasteiger charge is -2.32. The molecular weight excluding hydrogens is 220 g/mol. The largest absolute Gasteiger partial charge is 0.309 e. The second-order valence-corrected chi connectivity index (χ2v) is 5.24. The molecule has 1 aliphatic rings. The van der Waals surface area contributed by atoms with Crippen molar-refractivity contribution in [1.82, 2.24) is 10.2 Å². The Morgan fingerprint density at radius 2 is 2.22 bits per heavy atom. The number of nitrogens with zero attached hydrogens (tertiary/aromatic N) is 1. The van der Waals surface area contributed by atoms with Crippen molar-refractivity contribution in [1.29, 1.82) is 0 Å². The molecule has 0 saturated heterocycles. The van der Waals surface area contributed by atoms with Crippen molar-refractivity contribution in [3.05, 3.63) is 47.5 Å². The summed E-state index contributed by atoms with van der Waals surface area (Å²) >= 11 is 0. The van der Waals surface area contributed by atoms with Gasteiger partial charge in [0.1, 0.15) is 0 Å². The Kier molecular flexibility index (Phi) is 4.56. The second kappa shape index (κ2) is 6.17. The summed E-state index contributed by atoms with van der Waals surface area (Å²) < 4.78 is 0. The molecule has 2 nitrogen and oxygen atoms in total. The lowest BCUT2D eigenvalue weighted by molar-refractivity contribution is 0.268. The highest BCUT2D eigenvalue weighted by atomic mass is 15.1. The van der Waals surface area contributed by atoms with Gasteiger partial charge in [0.2, 0.25) is 0 Å². The summed E-state index contributed by atoms with van der Waals surface area (Å²) in [4.78, 5) is 2.46. The zero-order valence-electron chi connectivity index (χ0n) is 11.6. The van der Waals surface area contributed by atoms with Crippen molar-refractivity contribution in [2.45, 2.75) is 26.3 Å². The van der Waals surface area contributed by atoms with Gasteiger partial charge in [-0.05, 0) is 37.6 Å². The van der Waals surface area contributed by atoms with Crippen LogP contribution >= 0.6 is 0 Å². The van der Waals surface area contributed by atoms with E-state index in [-0.39, 0.29) is 0 Å². The van der Waals surface area contributed by atoms with E-state index in [1.807, 2.05) is 0 Å². The summed E-state index contributed by atoms with van der Waals surface area (Å²) in [6, 6.07) is 9.29. The third-order valence-electron chi connectivity index (χ3n) is 3.60. The summed E-state index contributed by atoms with van der Waals surface area (Å²) in [7, 11) is 0. The zero-order chi connectivity index (χ0) is 13.0. The second-order valence-electron chi connectivity index (χ2n) is 5.24. The van der Waals surface area contributed by atoms with Gasteiger partial charge < -0.3 is 5.32 Å². The van der Waals surface area contributed by atoms with E-state index in [1.54, 1.807) is 0 Å². The maximum atomic E-state index is 4.02. The topological polar surface area (TPSA) is 15.3 Å². The molecule has 0 bridgehead atoms. The Morgan fingerprint density at radius 3 is 2.94 bits per heavy atom. The van der Waals surface area contributed by atoms with Crippen LogP contribution in [0.5, 0.6) is 0 Å². The van der Waals surface area contributed by atoms with Gasteiger partial charge in [0.05, 0.1) is 0 Å². The van der Waals surface area contributed by atoms with Gasteiger partial charge in [-0.15, -0.1) is 0 Å². The van der Waals surface area contributed by atoms with Crippen LogP contribution in [0.4, 0.5) is 0 Å².